The predicted molar refractivity (Wildman–Crippen MR) is 46.8 cm³/mol. The first-order chi connectivity index (χ1) is 6.54. The standard InChI is InChI=1S/C4H2N2O4S.C2H6O/c7-3(8)1-2(4(9)10)6-11-5-1;1-3-2/h(H,7,8)(H,9,10);1-2H3. The second-order valence-corrected chi connectivity index (χ2v) is 2.51. The van der Waals surface area contributed by atoms with Crippen LogP contribution in [0, 0.1) is 0 Å². The van der Waals surface area contributed by atoms with Crippen LogP contribution in [-0.2, 0) is 4.74 Å². The summed E-state index contributed by atoms with van der Waals surface area (Å²) in [6.45, 7) is 0. The van der Waals surface area contributed by atoms with Crippen molar-refractivity contribution >= 4 is 23.7 Å². The molecule has 0 spiro atoms. The maximum Gasteiger partial charge on any atom is 0.358 e. The van der Waals surface area contributed by atoms with E-state index < -0.39 is 23.3 Å². The van der Waals surface area contributed by atoms with Crippen LogP contribution in [0.5, 0.6) is 0 Å². The monoisotopic (exact) mass is 220 g/mol. The summed E-state index contributed by atoms with van der Waals surface area (Å²) in [6.07, 6.45) is 0. The minimum absolute atomic E-state index is 0.512. The van der Waals surface area contributed by atoms with E-state index in [2.05, 4.69) is 13.5 Å². The van der Waals surface area contributed by atoms with Crippen molar-refractivity contribution in [2.45, 2.75) is 0 Å². The first kappa shape index (κ1) is 12.5. The van der Waals surface area contributed by atoms with Gasteiger partial charge in [0.25, 0.3) is 0 Å². The van der Waals surface area contributed by atoms with E-state index in [1.165, 1.54) is 0 Å². The minimum atomic E-state index is -1.38. The Hall–Kier alpha value is -1.54. The van der Waals surface area contributed by atoms with Gasteiger partial charge in [-0.05, 0) is 0 Å². The zero-order chi connectivity index (χ0) is 11.1. The fourth-order valence-electron chi connectivity index (χ4n) is 0.469. The average Bonchev–Trinajstić information content (AvgIpc) is 2.52. The number of ether oxygens (including phenoxy) is 1. The van der Waals surface area contributed by atoms with Crippen molar-refractivity contribution in [3.63, 3.8) is 0 Å². The summed E-state index contributed by atoms with van der Waals surface area (Å²) in [5.41, 5.74) is -1.02. The van der Waals surface area contributed by atoms with Gasteiger partial charge in [-0.15, -0.1) is 0 Å². The highest BCUT2D eigenvalue weighted by atomic mass is 32.1. The average molecular weight is 220 g/mol. The van der Waals surface area contributed by atoms with E-state index >= 15 is 0 Å². The molecular weight excluding hydrogens is 212 g/mol. The molecule has 8 heteroatoms. The van der Waals surface area contributed by atoms with Crippen LogP contribution in [0.2, 0.25) is 0 Å². The van der Waals surface area contributed by atoms with Gasteiger partial charge >= 0.3 is 11.9 Å². The summed E-state index contributed by atoms with van der Waals surface area (Å²) in [6, 6.07) is 0. The number of carbonyl (C=O) groups is 2. The molecule has 0 aromatic carbocycles. The third kappa shape index (κ3) is 3.46. The molecule has 0 bridgehead atoms. The molecule has 7 nitrogen and oxygen atoms in total. The summed E-state index contributed by atoms with van der Waals surface area (Å²) < 4.78 is 10.8. The lowest BCUT2D eigenvalue weighted by molar-refractivity contribution is 0.0644. The Morgan fingerprint density at radius 3 is 1.64 bits per heavy atom. The Balaban J connectivity index is 0.000000500. The van der Waals surface area contributed by atoms with Crippen LogP contribution in [0.25, 0.3) is 0 Å². The Morgan fingerprint density at radius 1 is 1.14 bits per heavy atom. The summed E-state index contributed by atoms with van der Waals surface area (Å²) in [7, 11) is 3.25. The van der Waals surface area contributed by atoms with E-state index in [-0.39, 0.29) is 0 Å². The van der Waals surface area contributed by atoms with Gasteiger partial charge in [-0.1, -0.05) is 0 Å². The fourth-order valence-corrected chi connectivity index (χ4v) is 1.00. The highest BCUT2D eigenvalue weighted by molar-refractivity contribution is 6.99. The van der Waals surface area contributed by atoms with E-state index in [0.717, 1.165) is 0 Å². The molecule has 0 aliphatic heterocycles. The quantitative estimate of drug-likeness (QED) is 0.732. The fraction of sp³-hybridized carbons (Fsp3) is 0.333. The van der Waals surface area contributed by atoms with Gasteiger partial charge < -0.3 is 14.9 Å². The van der Waals surface area contributed by atoms with Gasteiger partial charge in [0.2, 0.25) is 0 Å². The highest BCUT2D eigenvalue weighted by Crippen LogP contribution is 2.04. The number of nitrogens with zero attached hydrogens (tertiary/aromatic N) is 2. The molecule has 0 aliphatic rings. The van der Waals surface area contributed by atoms with Gasteiger partial charge in [-0.3, -0.25) is 0 Å². The lowest BCUT2D eigenvalue weighted by Crippen LogP contribution is -2.07. The number of methoxy groups -OCH3 is 1. The Morgan fingerprint density at radius 2 is 1.43 bits per heavy atom. The number of hydrogen-bond acceptors (Lipinski definition) is 6. The Kier molecular flexibility index (Phi) is 5.34. The van der Waals surface area contributed by atoms with Gasteiger partial charge in [0.15, 0.2) is 11.4 Å². The predicted octanol–water partition coefficient (Wildman–Crippen LogP) is 0.197. The SMILES string of the molecule is COC.O=C(O)c1nsnc1C(=O)O. The van der Waals surface area contributed by atoms with E-state index in [9.17, 15) is 9.59 Å². The van der Waals surface area contributed by atoms with Crippen LogP contribution in [0.3, 0.4) is 0 Å². The first-order valence-electron chi connectivity index (χ1n) is 3.23. The number of carboxylic acids is 2. The second-order valence-electron chi connectivity index (χ2n) is 1.98. The molecule has 0 aliphatic carbocycles. The number of rotatable bonds is 2. The van der Waals surface area contributed by atoms with Crippen molar-refractivity contribution in [3.8, 4) is 0 Å². The van der Waals surface area contributed by atoms with E-state index in [1.54, 1.807) is 14.2 Å². The van der Waals surface area contributed by atoms with Crippen molar-refractivity contribution in [1.29, 1.82) is 0 Å². The largest absolute Gasteiger partial charge is 0.476 e. The van der Waals surface area contributed by atoms with E-state index in [1.807, 2.05) is 0 Å². The Labute approximate surface area is 83.3 Å². The summed E-state index contributed by atoms with van der Waals surface area (Å²) in [5, 5.41) is 16.7. The van der Waals surface area contributed by atoms with Crippen molar-refractivity contribution < 1.29 is 24.5 Å². The molecule has 1 heterocycles. The zero-order valence-electron chi connectivity index (χ0n) is 7.42. The number of carboxylic acid groups (broad SMARTS) is 2. The van der Waals surface area contributed by atoms with Gasteiger partial charge in [-0.2, -0.15) is 8.75 Å². The van der Waals surface area contributed by atoms with Gasteiger partial charge in [0.1, 0.15) is 0 Å². The summed E-state index contributed by atoms with van der Waals surface area (Å²) in [5.74, 6) is -2.76. The third-order valence-corrected chi connectivity index (χ3v) is 1.42. The Bertz CT molecular complexity index is 295. The molecule has 0 amide bonds. The molecule has 14 heavy (non-hydrogen) atoms. The van der Waals surface area contributed by atoms with Crippen molar-refractivity contribution in [3.05, 3.63) is 11.4 Å². The lowest BCUT2D eigenvalue weighted by atomic mass is 10.3. The maximum atomic E-state index is 10.2. The number of hydrogen-bond donors (Lipinski definition) is 2. The van der Waals surface area contributed by atoms with Crippen LogP contribution in [0.1, 0.15) is 21.0 Å². The third-order valence-electron chi connectivity index (χ3n) is 0.894. The van der Waals surface area contributed by atoms with Crippen molar-refractivity contribution in [2.24, 2.45) is 0 Å². The molecule has 2 N–H and O–H groups in total. The molecule has 0 atom stereocenters. The zero-order valence-corrected chi connectivity index (χ0v) is 8.24. The number of aromatic carboxylic acids is 2. The van der Waals surface area contributed by atoms with Crippen LogP contribution in [0.4, 0.5) is 0 Å². The minimum Gasteiger partial charge on any atom is -0.476 e. The van der Waals surface area contributed by atoms with Crippen molar-refractivity contribution in [2.75, 3.05) is 14.2 Å². The van der Waals surface area contributed by atoms with Crippen LogP contribution < -0.4 is 0 Å². The van der Waals surface area contributed by atoms with Crippen LogP contribution >= 0.6 is 11.7 Å². The van der Waals surface area contributed by atoms with E-state index in [0.29, 0.717) is 11.7 Å². The topological polar surface area (TPSA) is 110 Å². The molecule has 1 rings (SSSR count). The lowest BCUT2D eigenvalue weighted by Gasteiger charge is -1.86. The summed E-state index contributed by atoms with van der Waals surface area (Å²) in [4.78, 5) is 20.5. The maximum absolute atomic E-state index is 10.2. The molecule has 1 aromatic rings. The molecule has 1 aromatic heterocycles. The van der Waals surface area contributed by atoms with Gasteiger partial charge in [-0.25, -0.2) is 9.59 Å². The molecule has 0 fully saturated rings. The number of aromatic nitrogens is 2. The van der Waals surface area contributed by atoms with Crippen molar-refractivity contribution in [1.82, 2.24) is 8.75 Å². The molecular formula is C6H8N2O5S. The highest BCUT2D eigenvalue weighted by Gasteiger charge is 2.20. The molecule has 0 saturated carbocycles. The normalized spacial score (nSPS) is 8.71. The van der Waals surface area contributed by atoms with Crippen LogP contribution in [0.15, 0.2) is 0 Å². The van der Waals surface area contributed by atoms with Gasteiger partial charge in [0.05, 0.1) is 11.7 Å². The van der Waals surface area contributed by atoms with Gasteiger partial charge in [0, 0.05) is 14.2 Å². The molecule has 78 valence electrons. The molecule has 0 saturated heterocycles. The first-order valence-corrected chi connectivity index (χ1v) is 3.96. The summed E-state index contributed by atoms with van der Waals surface area (Å²) >= 11 is 0.561. The smallest absolute Gasteiger partial charge is 0.358 e. The second kappa shape index (κ2) is 6.00. The molecule has 0 unspecified atom stereocenters. The molecule has 0 radical (unpaired) electrons. The van der Waals surface area contributed by atoms with E-state index in [4.69, 9.17) is 10.2 Å². The van der Waals surface area contributed by atoms with Crippen LogP contribution in [-0.4, -0.2) is 45.1 Å².